The molecular weight excluding hydrogens is 256 g/mol. The third-order valence-electron chi connectivity index (χ3n) is 3.20. The summed E-state index contributed by atoms with van der Waals surface area (Å²) in [6.07, 6.45) is 3.01. The van der Waals surface area contributed by atoms with Gasteiger partial charge < -0.3 is 10.2 Å². The summed E-state index contributed by atoms with van der Waals surface area (Å²) in [6, 6.07) is 0. The second-order valence-electron chi connectivity index (χ2n) is 5.66. The van der Waals surface area contributed by atoms with Crippen LogP contribution in [0, 0.1) is 6.92 Å². The van der Waals surface area contributed by atoms with Crippen LogP contribution in [-0.2, 0) is 0 Å². The second kappa shape index (κ2) is 5.99. The Bertz CT molecular complexity index is 433. The van der Waals surface area contributed by atoms with Gasteiger partial charge in [0.2, 0.25) is 5.95 Å². The van der Waals surface area contributed by atoms with Gasteiger partial charge in [-0.1, -0.05) is 6.92 Å². The van der Waals surface area contributed by atoms with Crippen LogP contribution >= 0.6 is 11.8 Å². The van der Waals surface area contributed by atoms with E-state index in [-0.39, 0.29) is 0 Å². The number of rotatable bonds is 4. The quantitative estimate of drug-likeness (QED) is 0.918. The van der Waals surface area contributed by atoms with Crippen molar-refractivity contribution < 1.29 is 0 Å². The molecule has 0 aliphatic carbocycles. The summed E-state index contributed by atoms with van der Waals surface area (Å²) in [5.41, 5.74) is 1.16. The van der Waals surface area contributed by atoms with Crippen LogP contribution in [0.4, 0.5) is 11.8 Å². The van der Waals surface area contributed by atoms with Gasteiger partial charge in [0.25, 0.3) is 0 Å². The summed E-state index contributed by atoms with van der Waals surface area (Å²) in [6.45, 7) is 11.9. The maximum Gasteiger partial charge on any atom is 0.224 e. The molecule has 4 nitrogen and oxygen atoms in total. The van der Waals surface area contributed by atoms with E-state index in [4.69, 9.17) is 4.98 Å². The van der Waals surface area contributed by atoms with Gasteiger partial charge in [-0.2, -0.15) is 16.7 Å². The Morgan fingerprint density at radius 1 is 1.47 bits per heavy atom. The third kappa shape index (κ3) is 3.75. The lowest BCUT2D eigenvalue weighted by molar-refractivity contribution is 0.640. The Hall–Kier alpha value is -0.970. The lowest BCUT2D eigenvalue weighted by atomic mass is 10.1. The number of aryl methyl sites for hydroxylation is 1. The molecule has 1 N–H and O–H groups in total. The van der Waals surface area contributed by atoms with Crippen LogP contribution in [0.1, 0.15) is 32.8 Å². The van der Waals surface area contributed by atoms with Gasteiger partial charge in [-0.05, 0) is 27.2 Å². The van der Waals surface area contributed by atoms with E-state index < -0.39 is 0 Å². The molecule has 1 aliphatic rings. The predicted octanol–water partition coefficient (Wildman–Crippen LogP) is 2.94. The van der Waals surface area contributed by atoms with Crippen LogP contribution in [0.25, 0.3) is 0 Å². The maximum atomic E-state index is 4.69. The molecule has 19 heavy (non-hydrogen) atoms. The molecule has 0 saturated carbocycles. The highest BCUT2D eigenvalue weighted by molar-refractivity contribution is 8.00. The van der Waals surface area contributed by atoms with Crippen LogP contribution in [0.15, 0.2) is 6.20 Å². The van der Waals surface area contributed by atoms with Crippen molar-refractivity contribution in [2.24, 2.45) is 0 Å². The molecule has 0 spiro atoms. The smallest absolute Gasteiger partial charge is 0.224 e. The summed E-state index contributed by atoms with van der Waals surface area (Å²) < 4.78 is 0.298. The van der Waals surface area contributed by atoms with Gasteiger partial charge in [0.05, 0.1) is 0 Å². The van der Waals surface area contributed by atoms with Gasteiger partial charge >= 0.3 is 0 Å². The van der Waals surface area contributed by atoms with Gasteiger partial charge in [0, 0.05) is 41.9 Å². The summed E-state index contributed by atoms with van der Waals surface area (Å²) >= 11 is 2.04. The molecule has 1 aliphatic heterocycles. The number of hydrogen-bond donors (Lipinski definition) is 1. The first kappa shape index (κ1) is 14.4. The highest BCUT2D eigenvalue weighted by Gasteiger charge is 2.28. The number of nitrogens with zero attached hydrogens (tertiary/aromatic N) is 3. The zero-order valence-corrected chi connectivity index (χ0v) is 13.2. The highest BCUT2D eigenvalue weighted by atomic mass is 32.2. The van der Waals surface area contributed by atoms with Crippen molar-refractivity contribution in [3.8, 4) is 0 Å². The first-order chi connectivity index (χ1) is 9.02. The Kier molecular flexibility index (Phi) is 4.55. The average molecular weight is 280 g/mol. The number of thioether (sulfide) groups is 1. The minimum atomic E-state index is 0.298. The van der Waals surface area contributed by atoms with Crippen LogP contribution in [-0.4, -0.2) is 40.1 Å². The molecule has 0 amide bonds. The first-order valence-electron chi connectivity index (χ1n) is 6.98. The summed E-state index contributed by atoms with van der Waals surface area (Å²) in [5.74, 6) is 2.99. The minimum Gasteiger partial charge on any atom is -0.354 e. The molecule has 0 aromatic carbocycles. The molecule has 1 aromatic heterocycles. The average Bonchev–Trinajstić information content (AvgIpc) is 2.36. The first-order valence-corrected chi connectivity index (χ1v) is 7.97. The summed E-state index contributed by atoms with van der Waals surface area (Å²) in [4.78, 5) is 11.4. The predicted molar refractivity (Wildman–Crippen MR) is 84.3 cm³/mol. The van der Waals surface area contributed by atoms with Crippen LogP contribution in [0.3, 0.4) is 0 Å². The Morgan fingerprint density at radius 3 is 2.95 bits per heavy atom. The number of hydrogen-bond acceptors (Lipinski definition) is 5. The largest absolute Gasteiger partial charge is 0.354 e. The minimum absolute atomic E-state index is 0.298. The molecular formula is C14H24N4S. The van der Waals surface area contributed by atoms with Crippen molar-refractivity contribution in [1.29, 1.82) is 0 Å². The van der Waals surface area contributed by atoms with E-state index in [1.165, 1.54) is 0 Å². The Balaban J connectivity index is 2.18. The molecule has 2 rings (SSSR count). The molecule has 1 aromatic rings. The topological polar surface area (TPSA) is 41.1 Å². The molecule has 0 radical (unpaired) electrons. The van der Waals surface area contributed by atoms with Gasteiger partial charge in [0.15, 0.2) is 0 Å². The zero-order chi connectivity index (χ0) is 13.9. The standard InChI is InChI=1S/C14H24N4S/c1-5-6-15-13-16-9-11(2)12(17-13)18-7-8-19-14(3,4)10-18/h9H,5-8,10H2,1-4H3,(H,15,16,17). The molecule has 106 valence electrons. The monoisotopic (exact) mass is 280 g/mol. The van der Waals surface area contributed by atoms with Gasteiger partial charge in [0.1, 0.15) is 5.82 Å². The lowest BCUT2D eigenvalue weighted by Gasteiger charge is -2.38. The van der Waals surface area contributed by atoms with Gasteiger partial charge in [-0.3, -0.25) is 0 Å². The molecule has 2 heterocycles. The highest BCUT2D eigenvalue weighted by Crippen LogP contribution is 2.32. The fourth-order valence-electron chi connectivity index (χ4n) is 2.27. The zero-order valence-electron chi connectivity index (χ0n) is 12.4. The second-order valence-corrected chi connectivity index (χ2v) is 7.46. The van der Waals surface area contributed by atoms with Crippen molar-refractivity contribution >= 4 is 23.5 Å². The molecule has 0 unspecified atom stereocenters. The van der Waals surface area contributed by atoms with Crippen LogP contribution < -0.4 is 10.2 Å². The fourth-order valence-corrected chi connectivity index (χ4v) is 3.38. The van der Waals surface area contributed by atoms with Crippen LogP contribution in [0.5, 0.6) is 0 Å². The van der Waals surface area contributed by atoms with Crippen LogP contribution in [0.2, 0.25) is 0 Å². The number of nitrogens with one attached hydrogen (secondary N) is 1. The van der Waals surface area contributed by atoms with E-state index in [1.807, 2.05) is 18.0 Å². The lowest BCUT2D eigenvalue weighted by Crippen LogP contribution is -2.43. The van der Waals surface area contributed by atoms with E-state index in [1.54, 1.807) is 0 Å². The van der Waals surface area contributed by atoms with Crippen molar-refractivity contribution in [2.75, 3.05) is 35.6 Å². The fraction of sp³-hybridized carbons (Fsp3) is 0.714. The van der Waals surface area contributed by atoms with E-state index in [0.717, 1.165) is 49.1 Å². The van der Waals surface area contributed by atoms with Crippen molar-refractivity contribution in [3.05, 3.63) is 11.8 Å². The third-order valence-corrected chi connectivity index (χ3v) is 4.50. The normalized spacial score (nSPS) is 18.4. The Labute approximate surface area is 120 Å². The van der Waals surface area contributed by atoms with Gasteiger partial charge in [-0.15, -0.1) is 0 Å². The molecule has 1 fully saturated rings. The van der Waals surface area contributed by atoms with Gasteiger partial charge in [-0.25, -0.2) is 4.98 Å². The number of anilines is 2. The van der Waals surface area contributed by atoms with E-state index in [0.29, 0.717) is 4.75 Å². The molecule has 0 atom stereocenters. The van der Waals surface area contributed by atoms with Crippen molar-refractivity contribution in [3.63, 3.8) is 0 Å². The summed E-state index contributed by atoms with van der Waals surface area (Å²) in [7, 11) is 0. The number of aromatic nitrogens is 2. The maximum absolute atomic E-state index is 4.69. The Morgan fingerprint density at radius 2 is 2.26 bits per heavy atom. The molecule has 1 saturated heterocycles. The molecule has 0 bridgehead atoms. The van der Waals surface area contributed by atoms with Crippen molar-refractivity contribution in [1.82, 2.24) is 9.97 Å². The van der Waals surface area contributed by atoms with E-state index in [2.05, 4.69) is 42.9 Å². The van der Waals surface area contributed by atoms with E-state index >= 15 is 0 Å². The van der Waals surface area contributed by atoms with E-state index in [9.17, 15) is 0 Å². The van der Waals surface area contributed by atoms with Crippen molar-refractivity contribution in [2.45, 2.75) is 38.9 Å². The molecule has 5 heteroatoms. The summed E-state index contributed by atoms with van der Waals surface area (Å²) in [5, 5.41) is 3.27. The SMILES string of the molecule is CCCNc1ncc(C)c(N2CCSC(C)(C)C2)n1.